The molecule has 1 aromatic carbocycles. The fourth-order valence-corrected chi connectivity index (χ4v) is 3.62. The summed E-state index contributed by atoms with van der Waals surface area (Å²) >= 11 is 0. The number of methoxy groups -OCH3 is 2. The summed E-state index contributed by atoms with van der Waals surface area (Å²) in [5.41, 5.74) is 1.32. The highest BCUT2D eigenvalue weighted by Crippen LogP contribution is 2.27. The molecule has 3 rings (SSSR count). The van der Waals surface area contributed by atoms with Crippen molar-refractivity contribution in [3.63, 3.8) is 0 Å². The molecule has 0 aliphatic heterocycles. The van der Waals surface area contributed by atoms with Gasteiger partial charge in [0, 0.05) is 31.2 Å². The van der Waals surface area contributed by atoms with Crippen molar-refractivity contribution in [3.8, 4) is 22.9 Å². The molecule has 0 radical (unpaired) electrons. The molecule has 0 bridgehead atoms. The molecular weight excluding hydrogens is 370 g/mol. The zero-order valence-electron chi connectivity index (χ0n) is 14.9. The minimum atomic E-state index is -3.77. The first-order chi connectivity index (χ1) is 13.0. The first-order valence-electron chi connectivity index (χ1n) is 8.05. The van der Waals surface area contributed by atoms with Gasteiger partial charge in [-0.1, -0.05) is 0 Å². The highest BCUT2D eigenvalue weighted by atomic mass is 32.2. The molecule has 0 saturated carbocycles. The average Bonchev–Trinajstić information content (AvgIpc) is 3.17. The minimum absolute atomic E-state index is 0.0186. The third-order valence-corrected chi connectivity index (χ3v) is 5.24. The zero-order chi connectivity index (χ0) is 19.3. The fourth-order valence-electron chi connectivity index (χ4n) is 2.42. The summed E-state index contributed by atoms with van der Waals surface area (Å²) in [6, 6.07) is 6.40. The number of nitrogens with zero attached hydrogens (tertiary/aromatic N) is 4. The lowest BCUT2D eigenvalue weighted by Crippen LogP contribution is -2.28. The van der Waals surface area contributed by atoms with Crippen molar-refractivity contribution in [1.29, 1.82) is 0 Å². The Balaban J connectivity index is 1.67. The quantitative estimate of drug-likeness (QED) is 0.619. The van der Waals surface area contributed by atoms with Gasteiger partial charge in [0.1, 0.15) is 27.8 Å². The van der Waals surface area contributed by atoms with Crippen LogP contribution < -0.4 is 14.2 Å². The van der Waals surface area contributed by atoms with Crippen molar-refractivity contribution in [1.82, 2.24) is 24.5 Å². The molecule has 0 atom stereocenters. The van der Waals surface area contributed by atoms with E-state index in [4.69, 9.17) is 9.47 Å². The summed E-state index contributed by atoms with van der Waals surface area (Å²) in [6.07, 6.45) is 6.54. The van der Waals surface area contributed by atoms with E-state index in [1.807, 2.05) is 0 Å². The Bertz CT molecular complexity index is 1010. The van der Waals surface area contributed by atoms with E-state index in [1.165, 1.54) is 20.3 Å². The predicted molar refractivity (Wildman–Crippen MR) is 98.0 cm³/mol. The highest BCUT2D eigenvalue weighted by molar-refractivity contribution is 7.89. The average molecular weight is 389 g/mol. The number of nitrogens with one attached hydrogen (secondary N) is 1. The number of aromatic nitrogens is 4. The van der Waals surface area contributed by atoms with E-state index < -0.39 is 10.0 Å². The molecule has 10 heteroatoms. The Morgan fingerprint density at radius 2 is 1.96 bits per heavy atom. The van der Waals surface area contributed by atoms with E-state index in [-0.39, 0.29) is 17.2 Å². The van der Waals surface area contributed by atoms with E-state index in [0.29, 0.717) is 23.7 Å². The maximum atomic E-state index is 12.6. The van der Waals surface area contributed by atoms with Gasteiger partial charge < -0.3 is 9.47 Å². The highest BCUT2D eigenvalue weighted by Gasteiger charge is 2.20. The summed E-state index contributed by atoms with van der Waals surface area (Å²) in [4.78, 5) is 8.20. The predicted octanol–water partition coefficient (Wildman–Crippen LogP) is 1.34. The number of hydrogen-bond acceptors (Lipinski definition) is 7. The van der Waals surface area contributed by atoms with Gasteiger partial charge in [0.05, 0.1) is 27.0 Å². The van der Waals surface area contributed by atoms with Crippen molar-refractivity contribution < 1.29 is 17.9 Å². The van der Waals surface area contributed by atoms with E-state index in [1.54, 1.807) is 47.7 Å². The molecule has 2 aromatic heterocycles. The molecule has 3 aromatic rings. The Hall–Kier alpha value is -2.98. The lowest BCUT2D eigenvalue weighted by Gasteiger charge is -2.12. The van der Waals surface area contributed by atoms with Gasteiger partial charge in [-0.2, -0.15) is 5.10 Å². The largest absolute Gasteiger partial charge is 0.497 e. The molecular formula is C17H19N5O4S. The van der Waals surface area contributed by atoms with Crippen molar-refractivity contribution in [3.05, 3.63) is 49.1 Å². The molecule has 0 aliphatic carbocycles. The van der Waals surface area contributed by atoms with Crippen LogP contribution in [0.3, 0.4) is 0 Å². The zero-order valence-corrected chi connectivity index (χ0v) is 15.7. The van der Waals surface area contributed by atoms with Crippen LogP contribution in [0, 0.1) is 0 Å². The normalized spacial score (nSPS) is 11.3. The van der Waals surface area contributed by atoms with Gasteiger partial charge in [0.2, 0.25) is 10.0 Å². The van der Waals surface area contributed by atoms with Crippen LogP contribution in [-0.4, -0.2) is 48.9 Å². The first-order valence-corrected chi connectivity index (χ1v) is 9.53. The van der Waals surface area contributed by atoms with Gasteiger partial charge in [-0.3, -0.25) is 14.6 Å². The summed E-state index contributed by atoms with van der Waals surface area (Å²) in [7, 11) is -0.884. The second kappa shape index (κ2) is 8.14. The van der Waals surface area contributed by atoms with Gasteiger partial charge in [0.25, 0.3) is 0 Å². The number of hydrogen-bond donors (Lipinski definition) is 1. The fraction of sp³-hybridized carbons (Fsp3) is 0.235. The van der Waals surface area contributed by atoms with Crippen LogP contribution in [0.2, 0.25) is 0 Å². The summed E-state index contributed by atoms with van der Waals surface area (Å²) in [5, 5.41) is 4.37. The first kappa shape index (κ1) is 18.8. The Morgan fingerprint density at radius 1 is 1.11 bits per heavy atom. The number of sulfonamides is 1. The molecule has 0 aliphatic rings. The van der Waals surface area contributed by atoms with E-state index in [0.717, 1.165) is 0 Å². The second-order valence-corrected chi connectivity index (χ2v) is 7.20. The minimum Gasteiger partial charge on any atom is -0.497 e. The van der Waals surface area contributed by atoms with Gasteiger partial charge >= 0.3 is 0 Å². The Morgan fingerprint density at radius 3 is 2.67 bits per heavy atom. The molecule has 0 fully saturated rings. The third kappa shape index (κ3) is 4.41. The topological polar surface area (TPSA) is 108 Å². The van der Waals surface area contributed by atoms with Gasteiger partial charge in [-0.15, -0.1) is 0 Å². The van der Waals surface area contributed by atoms with Crippen LogP contribution in [0.1, 0.15) is 0 Å². The molecule has 0 saturated heterocycles. The van der Waals surface area contributed by atoms with Gasteiger partial charge in [-0.05, 0) is 18.2 Å². The lowest BCUT2D eigenvalue weighted by molar-refractivity contribution is 0.392. The molecule has 9 nitrogen and oxygen atoms in total. The van der Waals surface area contributed by atoms with Gasteiger partial charge in [0.15, 0.2) is 0 Å². The lowest BCUT2D eigenvalue weighted by atomic mass is 10.3. The second-order valence-electron chi connectivity index (χ2n) is 5.47. The number of ether oxygens (including phenoxy) is 2. The standard InChI is InChI=1S/C17H19N5O4S/c1-25-13-3-4-16(26-2)17(11-13)27(23,24)20-8-10-22-9-5-14(21-22)15-12-18-6-7-19-15/h3-7,9,11-12,20H,8,10H2,1-2H3. The molecule has 1 N–H and O–H groups in total. The SMILES string of the molecule is COc1ccc(OC)c(S(=O)(=O)NCCn2ccc(-c3cnccn3)n2)c1. The van der Waals surface area contributed by atoms with E-state index >= 15 is 0 Å². The maximum Gasteiger partial charge on any atom is 0.244 e. The monoisotopic (exact) mass is 389 g/mol. The van der Waals surface area contributed by atoms with Crippen LogP contribution in [0.25, 0.3) is 11.4 Å². The van der Waals surface area contributed by atoms with Crippen LogP contribution in [0.5, 0.6) is 11.5 Å². The van der Waals surface area contributed by atoms with E-state index in [9.17, 15) is 8.42 Å². The van der Waals surface area contributed by atoms with Crippen molar-refractivity contribution in [2.75, 3.05) is 20.8 Å². The summed E-state index contributed by atoms with van der Waals surface area (Å²) in [6.45, 7) is 0.510. The number of rotatable bonds is 8. The molecule has 142 valence electrons. The molecule has 2 heterocycles. The smallest absolute Gasteiger partial charge is 0.244 e. The number of benzene rings is 1. The summed E-state index contributed by atoms with van der Waals surface area (Å²) < 4.78 is 39.6. The third-order valence-electron chi connectivity index (χ3n) is 3.76. The van der Waals surface area contributed by atoms with Crippen LogP contribution in [0.15, 0.2) is 53.9 Å². The van der Waals surface area contributed by atoms with Gasteiger partial charge in [-0.25, -0.2) is 13.1 Å². The molecule has 27 heavy (non-hydrogen) atoms. The van der Waals surface area contributed by atoms with Crippen molar-refractivity contribution in [2.24, 2.45) is 0 Å². The summed E-state index contributed by atoms with van der Waals surface area (Å²) in [5.74, 6) is 0.671. The van der Waals surface area contributed by atoms with Crippen LogP contribution in [0.4, 0.5) is 0 Å². The Kier molecular flexibility index (Phi) is 5.67. The van der Waals surface area contributed by atoms with Crippen LogP contribution in [-0.2, 0) is 16.6 Å². The van der Waals surface area contributed by atoms with Crippen LogP contribution >= 0.6 is 0 Å². The molecule has 0 spiro atoms. The van der Waals surface area contributed by atoms with E-state index in [2.05, 4.69) is 19.8 Å². The maximum absolute atomic E-state index is 12.6. The van der Waals surface area contributed by atoms with Crippen molar-refractivity contribution >= 4 is 10.0 Å². The van der Waals surface area contributed by atoms with Crippen molar-refractivity contribution in [2.45, 2.75) is 11.4 Å². The Labute approximate surface area is 157 Å². The molecule has 0 amide bonds. The molecule has 0 unspecified atom stereocenters.